The van der Waals surface area contributed by atoms with Crippen molar-refractivity contribution >= 4 is 32.6 Å². The molecule has 29 heavy (non-hydrogen) atoms. The Hall–Kier alpha value is -1.03. The Balaban J connectivity index is 0.000000362. The van der Waals surface area contributed by atoms with Gasteiger partial charge in [0.1, 0.15) is 30.2 Å². The van der Waals surface area contributed by atoms with E-state index >= 15 is 0 Å². The number of aliphatic hydroxyl groups is 3. The van der Waals surface area contributed by atoms with Crippen LogP contribution in [-0.2, 0) is 35.2 Å². The van der Waals surface area contributed by atoms with Crippen molar-refractivity contribution in [3.05, 3.63) is 12.7 Å². The number of nitrogen functional groups attached to an aromatic ring is 1. The smallest absolute Gasteiger partial charge is 0.789 e. The number of nitrogens with zero attached hydrogens (tertiary/aromatic N) is 4. The van der Waals surface area contributed by atoms with Crippen LogP contribution in [0.2, 0.25) is 0 Å². The van der Waals surface area contributed by atoms with E-state index in [-0.39, 0.29) is 22.9 Å². The van der Waals surface area contributed by atoms with Gasteiger partial charge < -0.3 is 49.9 Å². The third kappa shape index (κ3) is 6.73. The second-order valence-corrected chi connectivity index (χ2v) is 7.86. The normalized spacial score (nSPS) is 24.7. The maximum atomic E-state index is 9.95. The van der Waals surface area contributed by atoms with E-state index < -0.39 is 46.8 Å². The minimum atomic E-state index is -5.55. The van der Waals surface area contributed by atoms with Crippen LogP contribution in [0, 0.1) is 0 Å². The summed E-state index contributed by atoms with van der Waals surface area (Å²) in [6, 6.07) is 0. The van der Waals surface area contributed by atoms with Crippen LogP contribution in [0.5, 0.6) is 0 Å². The molecule has 19 heteroatoms. The van der Waals surface area contributed by atoms with Gasteiger partial charge in [0, 0.05) is 0 Å². The van der Waals surface area contributed by atoms with Crippen molar-refractivity contribution in [2.45, 2.75) is 24.5 Å². The van der Waals surface area contributed by atoms with Gasteiger partial charge in [0.2, 0.25) is 0 Å². The molecule has 0 amide bonds. The quantitative estimate of drug-likeness (QED) is 0.173. The van der Waals surface area contributed by atoms with Crippen molar-refractivity contribution in [1.29, 1.82) is 0 Å². The Labute approximate surface area is 172 Å². The van der Waals surface area contributed by atoms with Crippen LogP contribution in [0.25, 0.3) is 11.2 Å². The molecule has 0 aliphatic carbocycles. The van der Waals surface area contributed by atoms with Crippen LogP contribution < -0.4 is 15.5 Å². The summed E-state index contributed by atoms with van der Waals surface area (Å²) in [7, 11) is -10.7. The van der Waals surface area contributed by atoms with Crippen LogP contribution in [0.3, 0.4) is 0 Å². The minimum Gasteiger partial charge on any atom is -0.789 e. The average molecular weight is 498 g/mol. The van der Waals surface area contributed by atoms with Gasteiger partial charge in [-0.2, -0.15) is 0 Å². The summed E-state index contributed by atoms with van der Waals surface area (Å²) in [5.74, 6) is 0.218. The van der Waals surface area contributed by atoms with Crippen molar-refractivity contribution < 1.29 is 70.1 Å². The van der Waals surface area contributed by atoms with Crippen molar-refractivity contribution in [3.8, 4) is 0 Å². The minimum absolute atomic E-state index is 0. The standard InChI is InChI=1S/C10H13N5O4.Mn.H4O7P2/c11-8-5-9(13-2-12-8)15(3-14-5)10-7(18)6(17)4(1-16)19-10;;1-8(2,3)7-9(4,5)6/h2-4,6-7,10,16-18H,1H2,(H2,11,12,13);;(H2,1,2,3)(H2,4,5,6)/q;+2;/p-2/t4-,6-,7-,10-;;/m1../s1. The Bertz CT molecular complexity index is 899. The molecule has 16 nitrogen and oxygen atoms in total. The number of anilines is 1. The summed E-state index contributed by atoms with van der Waals surface area (Å²) < 4.78 is 28.5. The number of nitrogens with two attached hydrogens (primary N) is 1. The van der Waals surface area contributed by atoms with Crippen molar-refractivity contribution in [3.63, 3.8) is 0 Å². The largest absolute Gasteiger partial charge is 2.00 e. The summed E-state index contributed by atoms with van der Waals surface area (Å²) in [5.41, 5.74) is 6.44. The molecule has 0 spiro atoms. The van der Waals surface area contributed by atoms with Gasteiger partial charge in [-0.3, -0.25) is 8.88 Å². The molecule has 2 aromatic heterocycles. The number of fused-ring (bicyclic) bond motifs is 1. The van der Waals surface area contributed by atoms with Crippen molar-refractivity contribution in [2.75, 3.05) is 12.3 Å². The van der Waals surface area contributed by atoms with Crippen molar-refractivity contribution in [2.24, 2.45) is 0 Å². The van der Waals surface area contributed by atoms with Gasteiger partial charge in [-0.05, 0) is 0 Å². The predicted molar refractivity (Wildman–Crippen MR) is 83.5 cm³/mol. The molecule has 4 atom stereocenters. The maximum Gasteiger partial charge on any atom is 2.00 e. The van der Waals surface area contributed by atoms with E-state index in [9.17, 15) is 29.1 Å². The zero-order chi connectivity index (χ0) is 21.3. The first-order valence-electron chi connectivity index (χ1n) is 7.18. The zero-order valence-corrected chi connectivity index (χ0v) is 17.0. The molecular weight excluding hydrogens is 483 g/mol. The molecule has 0 saturated carbocycles. The maximum absolute atomic E-state index is 9.95. The molecule has 2 aromatic rings. The fraction of sp³-hybridized carbons (Fsp3) is 0.500. The van der Waals surface area contributed by atoms with Gasteiger partial charge in [-0.1, -0.05) is 0 Å². The van der Waals surface area contributed by atoms with Gasteiger partial charge in [0.25, 0.3) is 0 Å². The average Bonchev–Trinajstić information content (AvgIpc) is 3.08. The van der Waals surface area contributed by atoms with Gasteiger partial charge in [-0.15, -0.1) is 0 Å². The SMILES string of the molecule is Nc1ncnc2c1ncn2[C@@H]1O[C@H](CO)[C@@H](O)[C@H]1O.O=P([O-])([O-])OP(=O)(O)O.[Mn+2]. The first-order chi connectivity index (χ1) is 12.8. The molecule has 3 heterocycles. The van der Waals surface area contributed by atoms with E-state index in [1.165, 1.54) is 17.2 Å². The first kappa shape index (κ1) is 26.0. The fourth-order valence-electron chi connectivity index (χ4n) is 2.30. The summed E-state index contributed by atoms with van der Waals surface area (Å²) in [5, 5.41) is 28.7. The topological polar surface area (TPSA) is 269 Å². The zero-order valence-electron chi connectivity index (χ0n) is 14.0. The second kappa shape index (κ2) is 9.85. The fourth-order valence-corrected chi connectivity index (χ4v) is 3.34. The molecule has 0 aromatic carbocycles. The number of hydrogen-bond donors (Lipinski definition) is 6. The van der Waals surface area contributed by atoms with E-state index in [0.717, 1.165) is 0 Å². The molecule has 163 valence electrons. The molecule has 1 aliphatic rings. The summed E-state index contributed by atoms with van der Waals surface area (Å²) >= 11 is 0. The molecule has 1 radical (unpaired) electrons. The van der Waals surface area contributed by atoms with E-state index in [2.05, 4.69) is 19.3 Å². The van der Waals surface area contributed by atoms with E-state index in [4.69, 9.17) is 25.4 Å². The predicted octanol–water partition coefficient (Wildman–Crippen LogP) is -4.06. The second-order valence-electron chi connectivity index (χ2n) is 5.33. The number of rotatable bonds is 4. The van der Waals surface area contributed by atoms with E-state index in [1.807, 2.05) is 0 Å². The number of hydrogen-bond acceptors (Lipinski definition) is 13. The molecule has 1 aliphatic heterocycles. The molecule has 3 rings (SSSR count). The Morgan fingerprint density at radius 3 is 2.28 bits per heavy atom. The van der Waals surface area contributed by atoms with Crippen LogP contribution in [-0.4, -0.2) is 69.5 Å². The summed E-state index contributed by atoms with van der Waals surface area (Å²) in [6.07, 6.45) is -1.42. The summed E-state index contributed by atoms with van der Waals surface area (Å²) in [6.45, 7) is -0.390. The number of aromatic nitrogens is 4. The van der Waals surface area contributed by atoms with E-state index in [0.29, 0.717) is 11.2 Å². The number of phosphoric acid groups is 2. The van der Waals surface area contributed by atoms with Gasteiger partial charge in [0.05, 0.1) is 20.8 Å². The molecule has 1 saturated heterocycles. The molecule has 1 fully saturated rings. The van der Waals surface area contributed by atoms with Gasteiger partial charge >= 0.3 is 24.9 Å². The van der Waals surface area contributed by atoms with Gasteiger partial charge in [-0.25, -0.2) is 19.5 Å². The molecular formula is C10H15MnN5O11P2. The number of imidazole rings is 1. The Morgan fingerprint density at radius 2 is 1.83 bits per heavy atom. The van der Waals surface area contributed by atoms with Crippen LogP contribution in [0.1, 0.15) is 6.23 Å². The molecule has 7 N–H and O–H groups in total. The van der Waals surface area contributed by atoms with Crippen molar-refractivity contribution in [1.82, 2.24) is 19.5 Å². The Morgan fingerprint density at radius 1 is 1.21 bits per heavy atom. The molecule has 0 unspecified atom stereocenters. The third-order valence-electron chi connectivity index (χ3n) is 3.38. The number of ether oxygens (including phenoxy) is 1. The van der Waals surface area contributed by atoms with Crippen LogP contribution >= 0.6 is 15.6 Å². The third-order valence-corrected chi connectivity index (χ3v) is 5.04. The molecule has 0 bridgehead atoms. The Kier molecular flexibility index (Phi) is 8.83. The first-order valence-corrected chi connectivity index (χ1v) is 10.2. The number of aliphatic hydroxyl groups excluding tert-OH is 3. The van der Waals surface area contributed by atoms with E-state index in [1.54, 1.807) is 0 Å². The monoisotopic (exact) mass is 498 g/mol. The summed E-state index contributed by atoms with van der Waals surface area (Å²) in [4.78, 5) is 46.0. The van der Waals surface area contributed by atoms with Crippen LogP contribution in [0.4, 0.5) is 5.82 Å². The van der Waals surface area contributed by atoms with Gasteiger partial charge in [0.15, 0.2) is 17.7 Å². The van der Waals surface area contributed by atoms with Crippen LogP contribution in [0.15, 0.2) is 12.7 Å².